The molecular formula is C26H37NO3. The zero-order chi connectivity index (χ0) is 22.6. The van der Waals surface area contributed by atoms with Crippen LogP contribution in [0.2, 0.25) is 0 Å². The highest BCUT2D eigenvalue weighted by Gasteiger charge is 2.52. The number of benzene rings is 2. The lowest BCUT2D eigenvalue weighted by Gasteiger charge is -2.50. The minimum absolute atomic E-state index is 0.0521. The highest BCUT2D eigenvalue weighted by Crippen LogP contribution is 2.53. The van der Waals surface area contributed by atoms with Crippen LogP contribution in [0.3, 0.4) is 0 Å². The molecule has 0 spiro atoms. The van der Waals surface area contributed by atoms with Crippen molar-refractivity contribution in [2.24, 2.45) is 16.2 Å². The van der Waals surface area contributed by atoms with E-state index in [-0.39, 0.29) is 29.3 Å². The Morgan fingerprint density at radius 3 is 2.20 bits per heavy atom. The molecule has 4 nitrogen and oxygen atoms in total. The van der Waals surface area contributed by atoms with Gasteiger partial charge in [-0.25, -0.2) is 0 Å². The fourth-order valence-corrected chi connectivity index (χ4v) is 3.84. The zero-order valence-corrected chi connectivity index (χ0v) is 19.6. The van der Waals surface area contributed by atoms with E-state index >= 15 is 0 Å². The number of carbonyl (C=O) groups is 2. The van der Waals surface area contributed by atoms with E-state index in [1.54, 1.807) is 0 Å². The number of esters is 1. The SMILES string of the molecule is CCC(C)(C(=O)OCCNC(=O)Cc1cccc2ccccc12)C(C)(C)C(C)(C)C. The number of ether oxygens (including phenoxy) is 1. The Morgan fingerprint density at radius 2 is 1.57 bits per heavy atom. The fraction of sp³-hybridized carbons (Fsp3) is 0.538. The van der Waals surface area contributed by atoms with Gasteiger partial charge in [0.1, 0.15) is 6.61 Å². The molecule has 2 aromatic carbocycles. The third kappa shape index (κ3) is 4.85. The molecule has 1 N–H and O–H groups in total. The molecule has 4 heteroatoms. The predicted octanol–water partition coefficient (Wildman–Crippen LogP) is 5.53. The van der Waals surface area contributed by atoms with E-state index < -0.39 is 5.41 Å². The Labute approximate surface area is 181 Å². The summed E-state index contributed by atoms with van der Waals surface area (Å²) < 4.78 is 5.60. The van der Waals surface area contributed by atoms with Crippen LogP contribution < -0.4 is 5.32 Å². The van der Waals surface area contributed by atoms with Gasteiger partial charge in [0.15, 0.2) is 0 Å². The van der Waals surface area contributed by atoms with E-state index in [9.17, 15) is 9.59 Å². The van der Waals surface area contributed by atoms with Gasteiger partial charge >= 0.3 is 5.97 Å². The van der Waals surface area contributed by atoms with Crippen LogP contribution in [-0.2, 0) is 20.7 Å². The second-order valence-corrected chi connectivity index (χ2v) is 9.86. The molecule has 0 aliphatic rings. The van der Waals surface area contributed by atoms with Crippen LogP contribution in [0.5, 0.6) is 0 Å². The van der Waals surface area contributed by atoms with Gasteiger partial charge in [-0.1, -0.05) is 84.0 Å². The second kappa shape index (κ2) is 9.20. The summed E-state index contributed by atoms with van der Waals surface area (Å²) in [6.07, 6.45) is 1.00. The van der Waals surface area contributed by atoms with Gasteiger partial charge in [0.25, 0.3) is 0 Å². The number of hydrogen-bond donors (Lipinski definition) is 1. The van der Waals surface area contributed by atoms with Crippen molar-refractivity contribution in [1.29, 1.82) is 0 Å². The highest BCUT2D eigenvalue weighted by molar-refractivity contribution is 5.90. The maximum Gasteiger partial charge on any atom is 0.312 e. The molecular weight excluding hydrogens is 374 g/mol. The Morgan fingerprint density at radius 1 is 0.933 bits per heavy atom. The summed E-state index contributed by atoms with van der Waals surface area (Å²) in [5.74, 6) is -0.274. The van der Waals surface area contributed by atoms with E-state index in [0.29, 0.717) is 19.4 Å². The first-order valence-electron chi connectivity index (χ1n) is 10.8. The summed E-state index contributed by atoms with van der Waals surface area (Å²) in [5.41, 5.74) is 0.0959. The highest BCUT2D eigenvalue weighted by atomic mass is 16.5. The summed E-state index contributed by atoms with van der Waals surface area (Å²) in [5, 5.41) is 5.08. The van der Waals surface area contributed by atoms with E-state index in [4.69, 9.17) is 4.74 Å². The number of fused-ring (bicyclic) bond motifs is 1. The summed E-state index contributed by atoms with van der Waals surface area (Å²) in [4.78, 5) is 25.3. The lowest BCUT2D eigenvalue weighted by Crippen LogP contribution is -2.50. The first-order valence-corrected chi connectivity index (χ1v) is 10.8. The molecule has 164 valence electrons. The Kier molecular flexibility index (Phi) is 7.33. The molecule has 0 fully saturated rings. The standard InChI is InChI=1S/C26H37NO3/c1-8-26(7,25(5,6)24(2,3)4)23(29)30-17-16-27-22(28)18-20-14-11-13-19-12-9-10-15-21(19)20/h9-15H,8,16-18H2,1-7H3,(H,27,28). The maximum absolute atomic E-state index is 12.9. The van der Waals surface area contributed by atoms with Gasteiger partial charge in [0.2, 0.25) is 5.91 Å². The number of rotatable bonds is 8. The van der Waals surface area contributed by atoms with Crippen molar-refractivity contribution < 1.29 is 14.3 Å². The molecule has 0 saturated carbocycles. The second-order valence-electron chi connectivity index (χ2n) is 9.86. The van der Waals surface area contributed by atoms with Crippen molar-refractivity contribution in [1.82, 2.24) is 5.32 Å². The van der Waals surface area contributed by atoms with Gasteiger partial charge < -0.3 is 10.1 Å². The van der Waals surface area contributed by atoms with Gasteiger partial charge in [0, 0.05) is 0 Å². The summed E-state index contributed by atoms with van der Waals surface area (Å²) in [6.45, 7) is 15.2. The van der Waals surface area contributed by atoms with E-state index in [0.717, 1.165) is 16.3 Å². The molecule has 0 aliphatic heterocycles. The lowest BCUT2D eigenvalue weighted by molar-refractivity contribution is -0.169. The van der Waals surface area contributed by atoms with E-state index in [1.165, 1.54) is 0 Å². The maximum atomic E-state index is 12.9. The third-order valence-electron chi connectivity index (χ3n) is 7.30. The molecule has 0 bridgehead atoms. The number of amides is 1. The van der Waals surface area contributed by atoms with Crippen LogP contribution in [0.1, 0.15) is 60.5 Å². The van der Waals surface area contributed by atoms with Crippen LogP contribution in [-0.4, -0.2) is 25.0 Å². The average Bonchev–Trinajstić information content (AvgIpc) is 2.69. The van der Waals surface area contributed by atoms with E-state index in [2.05, 4.69) is 39.9 Å². The zero-order valence-electron chi connectivity index (χ0n) is 19.6. The molecule has 1 amide bonds. The molecule has 1 unspecified atom stereocenters. The molecule has 2 rings (SSSR count). The first-order chi connectivity index (χ1) is 13.9. The van der Waals surface area contributed by atoms with Gasteiger partial charge in [-0.05, 0) is 40.5 Å². The molecule has 1 atom stereocenters. The van der Waals surface area contributed by atoms with Gasteiger partial charge in [-0.2, -0.15) is 0 Å². The molecule has 0 aliphatic carbocycles. The van der Waals surface area contributed by atoms with Crippen LogP contribution >= 0.6 is 0 Å². The molecule has 2 aromatic rings. The number of nitrogens with one attached hydrogen (secondary N) is 1. The Bertz CT molecular complexity index is 889. The average molecular weight is 412 g/mol. The topological polar surface area (TPSA) is 55.4 Å². The molecule has 0 saturated heterocycles. The first kappa shape index (κ1) is 23.9. The van der Waals surface area contributed by atoms with Gasteiger partial charge in [0.05, 0.1) is 18.4 Å². The van der Waals surface area contributed by atoms with Crippen molar-refractivity contribution in [2.45, 2.75) is 61.3 Å². The smallest absolute Gasteiger partial charge is 0.312 e. The monoisotopic (exact) mass is 411 g/mol. The van der Waals surface area contributed by atoms with Crippen molar-refractivity contribution >= 4 is 22.6 Å². The normalized spacial score (nSPS) is 14.2. The van der Waals surface area contributed by atoms with Crippen LogP contribution in [0.4, 0.5) is 0 Å². The van der Waals surface area contributed by atoms with Crippen LogP contribution in [0.15, 0.2) is 42.5 Å². The Balaban J connectivity index is 1.91. The van der Waals surface area contributed by atoms with Crippen LogP contribution in [0, 0.1) is 16.2 Å². The minimum Gasteiger partial charge on any atom is -0.463 e. The van der Waals surface area contributed by atoms with Gasteiger partial charge in [-0.15, -0.1) is 0 Å². The molecule has 0 radical (unpaired) electrons. The lowest BCUT2D eigenvalue weighted by atomic mass is 9.54. The quantitative estimate of drug-likeness (QED) is 0.459. The van der Waals surface area contributed by atoms with E-state index in [1.807, 2.05) is 56.3 Å². The van der Waals surface area contributed by atoms with Crippen LogP contribution in [0.25, 0.3) is 10.8 Å². The number of hydrogen-bond acceptors (Lipinski definition) is 3. The predicted molar refractivity (Wildman–Crippen MR) is 123 cm³/mol. The van der Waals surface area contributed by atoms with Gasteiger partial charge in [-0.3, -0.25) is 9.59 Å². The van der Waals surface area contributed by atoms with Crippen molar-refractivity contribution in [3.63, 3.8) is 0 Å². The fourth-order valence-electron chi connectivity index (χ4n) is 3.84. The summed E-state index contributed by atoms with van der Waals surface area (Å²) in [7, 11) is 0. The van der Waals surface area contributed by atoms with Crippen molar-refractivity contribution in [3.8, 4) is 0 Å². The summed E-state index contributed by atoms with van der Waals surface area (Å²) in [6, 6.07) is 14.0. The minimum atomic E-state index is -0.599. The molecule has 0 heterocycles. The summed E-state index contributed by atoms with van der Waals surface area (Å²) >= 11 is 0. The Hall–Kier alpha value is -2.36. The largest absolute Gasteiger partial charge is 0.463 e. The third-order valence-corrected chi connectivity index (χ3v) is 7.30. The van der Waals surface area contributed by atoms with Crippen molar-refractivity contribution in [2.75, 3.05) is 13.2 Å². The van der Waals surface area contributed by atoms with Crippen molar-refractivity contribution in [3.05, 3.63) is 48.0 Å². The molecule has 0 aromatic heterocycles. The molecule has 30 heavy (non-hydrogen) atoms. The number of carbonyl (C=O) groups excluding carboxylic acids is 2.